The second-order valence-electron chi connectivity index (χ2n) is 4.16. The first-order valence-electron chi connectivity index (χ1n) is 5.93. The molecule has 0 aliphatic carbocycles. The third-order valence-electron chi connectivity index (χ3n) is 2.78. The number of rotatable bonds is 4. The zero-order valence-corrected chi connectivity index (χ0v) is 11.7. The van der Waals surface area contributed by atoms with Crippen LogP contribution in [0.25, 0.3) is 10.1 Å². The van der Waals surface area contributed by atoms with Crippen LogP contribution in [0.15, 0.2) is 0 Å². The highest BCUT2D eigenvalue weighted by Crippen LogP contribution is 2.34. The Labute approximate surface area is 118 Å². The van der Waals surface area contributed by atoms with Crippen LogP contribution in [0.5, 0.6) is 5.75 Å². The van der Waals surface area contributed by atoms with Crippen molar-refractivity contribution in [3.05, 3.63) is 17.1 Å². The molecule has 106 valence electrons. The van der Waals surface area contributed by atoms with Crippen LogP contribution < -0.4 is 5.32 Å². The number of aliphatic carboxylic acids is 1. The zero-order chi connectivity index (χ0) is 14.9. The average molecular weight is 295 g/mol. The quantitative estimate of drug-likeness (QED) is 0.778. The van der Waals surface area contributed by atoms with E-state index in [2.05, 4.69) is 14.7 Å². The van der Waals surface area contributed by atoms with Gasteiger partial charge in [0.15, 0.2) is 11.4 Å². The number of carboxylic acids is 1. The van der Waals surface area contributed by atoms with Gasteiger partial charge >= 0.3 is 5.97 Å². The fourth-order valence-electron chi connectivity index (χ4n) is 1.84. The number of aryl methyl sites for hydroxylation is 2. The number of hydrogen-bond donors (Lipinski definition) is 3. The number of aromatic nitrogens is 2. The lowest BCUT2D eigenvalue weighted by Crippen LogP contribution is -2.30. The molecule has 7 nitrogen and oxygen atoms in total. The van der Waals surface area contributed by atoms with Crippen molar-refractivity contribution >= 4 is 33.5 Å². The number of pyridine rings is 1. The summed E-state index contributed by atoms with van der Waals surface area (Å²) in [6.07, 6.45) is 0.581. The molecule has 1 amide bonds. The van der Waals surface area contributed by atoms with Crippen LogP contribution in [0, 0.1) is 6.92 Å². The maximum absolute atomic E-state index is 11.9. The summed E-state index contributed by atoms with van der Waals surface area (Å²) in [6.45, 7) is 3.09. The zero-order valence-electron chi connectivity index (χ0n) is 10.9. The lowest BCUT2D eigenvalue weighted by Gasteiger charge is -2.08. The molecule has 8 heteroatoms. The van der Waals surface area contributed by atoms with Gasteiger partial charge in [-0.1, -0.05) is 6.92 Å². The molecule has 3 N–H and O–H groups in total. The molecule has 0 fully saturated rings. The summed E-state index contributed by atoms with van der Waals surface area (Å²) in [5, 5.41) is 21.4. The van der Waals surface area contributed by atoms with Gasteiger partial charge in [0.2, 0.25) is 0 Å². The predicted molar refractivity (Wildman–Crippen MR) is 73.2 cm³/mol. The Morgan fingerprint density at radius 3 is 2.70 bits per heavy atom. The molecule has 0 unspecified atom stereocenters. The Morgan fingerprint density at radius 2 is 2.10 bits per heavy atom. The molecule has 2 rings (SSSR count). The van der Waals surface area contributed by atoms with Crippen LogP contribution in [0.1, 0.15) is 28.8 Å². The maximum atomic E-state index is 11.9. The molecule has 20 heavy (non-hydrogen) atoms. The number of nitrogens with zero attached hydrogens (tertiary/aromatic N) is 2. The van der Waals surface area contributed by atoms with Crippen molar-refractivity contribution < 1.29 is 19.8 Å². The molecule has 0 aromatic carbocycles. The lowest BCUT2D eigenvalue weighted by molar-refractivity contribution is -0.135. The molecule has 0 saturated carbocycles. The second-order valence-corrected chi connectivity index (χ2v) is 4.93. The Kier molecular flexibility index (Phi) is 3.84. The van der Waals surface area contributed by atoms with E-state index in [1.807, 2.05) is 6.92 Å². The van der Waals surface area contributed by atoms with Gasteiger partial charge in [0.25, 0.3) is 5.91 Å². The standard InChI is InChI=1S/C12H13N3O4S/c1-3-6-11-8(5(2)15-20-11)10(18)9(14-6)12(19)13-4-7(16)17/h18H,3-4H2,1-2H3,(H,13,19)(H,16,17). The summed E-state index contributed by atoms with van der Waals surface area (Å²) in [7, 11) is 0. The molecule has 0 atom stereocenters. The van der Waals surface area contributed by atoms with Crippen LogP contribution in [0.4, 0.5) is 0 Å². The summed E-state index contributed by atoms with van der Waals surface area (Å²) in [5.74, 6) is -2.14. The first-order chi connectivity index (χ1) is 9.45. The van der Waals surface area contributed by atoms with Gasteiger partial charge in [0.05, 0.1) is 21.5 Å². The van der Waals surface area contributed by atoms with Crippen molar-refractivity contribution in [3.8, 4) is 5.75 Å². The molecule has 2 heterocycles. The van der Waals surface area contributed by atoms with E-state index in [4.69, 9.17) is 5.11 Å². The van der Waals surface area contributed by atoms with Gasteiger partial charge in [-0.3, -0.25) is 9.59 Å². The van der Waals surface area contributed by atoms with E-state index >= 15 is 0 Å². The van der Waals surface area contributed by atoms with Crippen LogP contribution in [-0.2, 0) is 11.2 Å². The lowest BCUT2D eigenvalue weighted by atomic mass is 10.1. The van der Waals surface area contributed by atoms with Crippen molar-refractivity contribution in [1.29, 1.82) is 0 Å². The molecule has 0 radical (unpaired) electrons. The Hall–Kier alpha value is -2.22. The Balaban J connectivity index is 2.53. The number of hydrogen-bond acceptors (Lipinski definition) is 6. The van der Waals surface area contributed by atoms with E-state index in [9.17, 15) is 14.7 Å². The van der Waals surface area contributed by atoms with Crippen molar-refractivity contribution in [2.75, 3.05) is 6.54 Å². The minimum absolute atomic E-state index is 0.168. The van der Waals surface area contributed by atoms with Crippen molar-refractivity contribution in [1.82, 2.24) is 14.7 Å². The van der Waals surface area contributed by atoms with Crippen molar-refractivity contribution in [3.63, 3.8) is 0 Å². The topological polar surface area (TPSA) is 112 Å². The smallest absolute Gasteiger partial charge is 0.322 e. The molecule has 2 aromatic heterocycles. The van der Waals surface area contributed by atoms with Crippen LogP contribution in [0.3, 0.4) is 0 Å². The summed E-state index contributed by atoms with van der Waals surface area (Å²) in [6, 6.07) is 0. The number of carboxylic acid groups (broad SMARTS) is 1. The van der Waals surface area contributed by atoms with Gasteiger partial charge in [-0.2, -0.15) is 4.37 Å². The first-order valence-corrected chi connectivity index (χ1v) is 6.70. The number of nitrogens with one attached hydrogen (secondary N) is 1. The number of carbonyl (C=O) groups excluding carboxylic acids is 1. The highest BCUT2D eigenvalue weighted by atomic mass is 32.1. The van der Waals surface area contributed by atoms with Gasteiger partial charge in [0, 0.05) is 0 Å². The maximum Gasteiger partial charge on any atom is 0.322 e. The van der Waals surface area contributed by atoms with E-state index < -0.39 is 18.4 Å². The van der Waals surface area contributed by atoms with Gasteiger partial charge in [0.1, 0.15) is 6.54 Å². The number of amides is 1. The summed E-state index contributed by atoms with van der Waals surface area (Å²) >= 11 is 1.22. The van der Waals surface area contributed by atoms with Crippen molar-refractivity contribution in [2.45, 2.75) is 20.3 Å². The largest absolute Gasteiger partial charge is 0.505 e. The minimum Gasteiger partial charge on any atom is -0.505 e. The summed E-state index contributed by atoms with van der Waals surface area (Å²) in [4.78, 5) is 26.5. The highest BCUT2D eigenvalue weighted by Gasteiger charge is 2.21. The monoisotopic (exact) mass is 295 g/mol. The molecular weight excluding hydrogens is 282 g/mol. The summed E-state index contributed by atoms with van der Waals surface area (Å²) in [5.41, 5.74) is 1.11. The molecule has 0 saturated heterocycles. The molecule has 0 spiro atoms. The SMILES string of the molecule is CCc1nc(C(=O)NCC(=O)O)c(O)c2c(C)nsc12. The van der Waals surface area contributed by atoms with E-state index in [0.29, 0.717) is 23.2 Å². The highest BCUT2D eigenvalue weighted by molar-refractivity contribution is 7.13. The Morgan fingerprint density at radius 1 is 1.40 bits per heavy atom. The number of fused-ring (bicyclic) bond motifs is 1. The molecule has 0 bridgehead atoms. The van der Waals surface area contributed by atoms with Gasteiger partial charge < -0.3 is 15.5 Å². The van der Waals surface area contributed by atoms with Crippen LogP contribution in [-0.4, -0.2) is 38.0 Å². The number of aromatic hydroxyl groups is 1. The van der Waals surface area contributed by atoms with E-state index in [1.54, 1.807) is 6.92 Å². The fraction of sp³-hybridized carbons (Fsp3) is 0.333. The fourth-order valence-corrected chi connectivity index (χ4v) is 2.79. The first kappa shape index (κ1) is 14.2. The third-order valence-corrected chi connectivity index (χ3v) is 3.77. The Bertz CT molecular complexity index is 696. The van der Waals surface area contributed by atoms with E-state index in [1.165, 1.54) is 11.5 Å². The predicted octanol–water partition coefficient (Wildman–Crippen LogP) is 1.08. The molecular formula is C12H13N3O4S. The van der Waals surface area contributed by atoms with Gasteiger partial charge in [-0.15, -0.1) is 0 Å². The third kappa shape index (κ3) is 2.42. The average Bonchev–Trinajstić information content (AvgIpc) is 2.79. The second kappa shape index (κ2) is 5.41. The van der Waals surface area contributed by atoms with Gasteiger partial charge in [-0.05, 0) is 24.9 Å². The molecule has 0 aliphatic rings. The minimum atomic E-state index is -1.16. The van der Waals surface area contributed by atoms with E-state index in [-0.39, 0.29) is 11.4 Å². The van der Waals surface area contributed by atoms with Gasteiger partial charge in [-0.25, -0.2) is 4.98 Å². The van der Waals surface area contributed by atoms with Crippen molar-refractivity contribution in [2.24, 2.45) is 0 Å². The molecule has 0 aliphatic heterocycles. The van der Waals surface area contributed by atoms with Crippen LogP contribution >= 0.6 is 11.5 Å². The molecule has 2 aromatic rings. The summed E-state index contributed by atoms with van der Waals surface area (Å²) < 4.78 is 4.90. The van der Waals surface area contributed by atoms with E-state index in [0.717, 1.165) is 4.70 Å². The number of carbonyl (C=O) groups is 2. The normalized spacial score (nSPS) is 10.7. The van der Waals surface area contributed by atoms with Crippen LogP contribution in [0.2, 0.25) is 0 Å².